The molecule has 1 aromatic heterocycles. The first-order valence-corrected chi connectivity index (χ1v) is 6.96. The van der Waals surface area contributed by atoms with Crippen LogP contribution in [-0.4, -0.2) is 34.3 Å². The first-order chi connectivity index (χ1) is 8.98. The highest BCUT2D eigenvalue weighted by Gasteiger charge is 2.36. The number of carbonyl (C=O) groups is 1. The number of hydrogen-bond donors (Lipinski definition) is 1. The number of halogens is 1. The molecule has 0 saturated carbocycles. The van der Waals surface area contributed by atoms with Gasteiger partial charge in [0.1, 0.15) is 0 Å². The van der Waals surface area contributed by atoms with Gasteiger partial charge in [0.25, 0.3) is 0 Å². The van der Waals surface area contributed by atoms with Gasteiger partial charge < -0.3 is 10.5 Å². The van der Waals surface area contributed by atoms with Crippen molar-refractivity contribution in [1.29, 1.82) is 0 Å². The molecular weight excluding hydrogens is 266 g/mol. The average Bonchev–Trinajstić information content (AvgIpc) is 2.67. The van der Waals surface area contributed by atoms with Gasteiger partial charge in [-0.2, -0.15) is 5.10 Å². The molecule has 2 heterocycles. The van der Waals surface area contributed by atoms with E-state index in [9.17, 15) is 4.79 Å². The summed E-state index contributed by atoms with van der Waals surface area (Å²) in [5, 5.41) is 4.91. The van der Waals surface area contributed by atoms with Crippen LogP contribution in [0, 0.1) is 0 Å². The van der Waals surface area contributed by atoms with Gasteiger partial charge in [-0.05, 0) is 19.3 Å². The van der Waals surface area contributed by atoms with Gasteiger partial charge in [0.2, 0.25) is 0 Å². The van der Waals surface area contributed by atoms with Crippen LogP contribution in [0.25, 0.3) is 0 Å². The largest absolute Gasteiger partial charge is 0.381 e. The molecule has 0 spiro atoms. The third-order valence-electron chi connectivity index (χ3n) is 3.77. The molecule has 0 radical (unpaired) electrons. The van der Waals surface area contributed by atoms with Gasteiger partial charge in [0.05, 0.1) is 28.4 Å². The lowest BCUT2D eigenvalue weighted by Crippen LogP contribution is -2.52. The lowest BCUT2D eigenvalue weighted by Gasteiger charge is -2.31. The third-order valence-corrected chi connectivity index (χ3v) is 4.21. The maximum atomic E-state index is 12.4. The van der Waals surface area contributed by atoms with E-state index in [1.54, 1.807) is 11.7 Å². The molecule has 1 fully saturated rings. The highest BCUT2D eigenvalue weighted by atomic mass is 35.5. The molecule has 0 aliphatic carbocycles. The summed E-state index contributed by atoms with van der Waals surface area (Å²) in [5.41, 5.74) is 6.98. The number of aryl methyl sites for hydroxylation is 2. The molecule has 1 aliphatic rings. The maximum absolute atomic E-state index is 12.4. The van der Waals surface area contributed by atoms with Crippen LogP contribution in [0.5, 0.6) is 0 Å². The number of ether oxygens (including phenoxy) is 1. The fourth-order valence-corrected chi connectivity index (χ4v) is 2.72. The molecule has 1 aliphatic heterocycles. The number of Topliss-reactive ketones (excluding diaryl/α,β-unsaturated/α-hetero) is 1. The van der Waals surface area contributed by atoms with E-state index in [0.29, 0.717) is 31.1 Å². The standard InChI is InChI=1S/C13H20ClN3O2/c1-3-9-12(14)10(17(2)16-9)8-11(18)13(15)4-6-19-7-5-13/h3-8,15H2,1-2H3. The van der Waals surface area contributed by atoms with Crippen LogP contribution in [0.1, 0.15) is 31.2 Å². The molecule has 1 aromatic rings. The van der Waals surface area contributed by atoms with Crippen molar-refractivity contribution < 1.29 is 9.53 Å². The van der Waals surface area contributed by atoms with Gasteiger partial charge in [-0.25, -0.2) is 0 Å². The summed E-state index contributed by atoms with van der Waals surface area (Å²) in [7, 11) is 1.81. The molecule has 6 heteroatoms. The molecule has 0 aromatic carbocycles. The molecule has 106 valence electrons. The Hall–Kier alpha value is -0.910. The number of carbonyl (C=O) groups excluding carboxylic acids is 1. The van der Waals surface area contributed by atoms with Crippen molar-refractivity contribution in [3.63, 3.8) is 0 Å². The van der Waals surface area contributed by atoms with Gasteiger partial charge in [-0.1, -0.05) is 18.5 Å². The van der Waals surface area contributed by atoms with Gasteiger partial charge in [0.15, 0.2) is 5.78 Å². The van der Waals surface area contributed by atoms with E-state index in [-0.39, 0.29) is 12.2 Å². The molecule has 2 N–H and O–H groups in total. The number of hydrogen-bond acceptors (Lipinski definition) is 4. The Morgan fingerprint density at radius 1 is 1.53 bits per heavy atom. The normalized spacial score (nSPS) is 18.5. The number of aromatic nitrogens is 2. The second kappa shape index (κ2) is 5.61. The lowest BCUT2D eigenvalue weighted by molar-refractivity contribution is -0.127. The van der Waals surface area contributed by atoms with Crippen LogP contribution in [0.3, 0.4) is 0 Å². The average molecular weight is 286 g/mol. The SMILES string of the molecule is CCc1nn(C)c(CC(=O)C2(N)CCOCC2)c1Cl. The Bertz CT molecular complexity index is 478. The van der Waals surface area contributed by atoms with E-state index in [1.165, 1.54) is 0 Å². The minimum Gasteiger partial charge on any atom is -0.381 e. The van der Waals surface area contributed by atoms with Crippen molar-refractivity contribution in [3.05, 3.63) is 16.4 Å². The van der Waals surface area contributed by atoms with Gasteiger partial charge in [-0.3, -0.25) is 9.48 Å². The Kier molecular flexibility index (Phi) is 4.28. The topological polar surface area (TPSA) is 70.1 Å². The minimum atomic E-state index is -0.780. The second-order valence-electron chi connectivity index (χ2n) is 5.05. The first kappa shape index (κ1) is 14.5. The zero-order valence-corrected chi connectivity index (χ0v) is 12.2. The van der Waals surface area contributed by atoms with Crippen LogP contribution in [0.2, 0.25) is 5.02 Å². The Labute approximate surface area is 118 Å². The van der Waals surface area contributed by atoms with Crippen LogP contribution >= 0.6 is 11.6 Å². The van der Waals surface area contributed by atoms with E-state index < -0.39 is 5.54 Å². The van der Waals surface area contributed by atoms with Crippen molar-refractivity contribution in [1.82, 2.24) is 9.78 Å². The van der Waals surface area contributed by atoms with Crippen molar-refractivity contribution in [2.24, 2.45) is 12.8 Å². The van der Waals surface area contributed by atoms with E-state index in [2.05, 4.69) is 5.10 Å². The first-order valence-electron chi connectivity index (χ1n) is 6.58. The number of nitrogens with two attached hydrogens (primary N) is 1. The van der Waals surface area contributed by atoms with Crippen LogP contribution < -0.4 is 5.73 Å². The smallest absolute Gasteiger partial charge is 0.158 e. The van der Waals surface area contributed by atoms with Crippen molar-refractivity contribution in [2.75, 3.05) is 13.2 Å². The summed E-state index contributed by atoms with van der Waals surface area (Å²) in [6.45, 7) is 3.08. The summed E-state index contributed by atoms with van der Waals surface area (Å²) in [6.07, 6.45) is 2.13. The van der Waals surface area contributed by atoms with Crippen molar-refractivity contribution in [3.8, 4) is 0 Å². The Balaban J connectivity index is 2.16. The highest BCUT2D eigenvalue weighted by Crippen LogP contribution is 2.25. The quantitative estimate of drug-likeness (QED) is 0.904. The molecule has 5 nitrogen and oxygen atoms in total. The zero-order chi connectivity index (χ0) is 14.0. The van der Waals surface area contributed by atoms with Crippen molar-refractivity contribution in [2.45, 2.75) is 38.1 Å². The molecule has 2 rings (SSSR count). The third kappa shape index (κ3) is 2.83. The van der Waals surface area contributed by atoms with Gasteiger partial charge in [-0.15, -0.1) is 0 Å². The van der Waals surface area contributed by atoms with E-state index in [4.69, 9.17) is 22.1 Å². The minimum absolute atomic E-state index is 0.0170. The molecule has 1 saturated heterocycles. The van der Waals surface area contributed by atoms with Crippen LogP contribution in [0.15, 0.2) is 0 Å². The monoisotopic (exact) mass is 285 g/mol. The summed E-state index contributed by atoms with van der Waals surface area (Å²) >= 11 is 6.26. The summed E-state index contributed by atoms with van der Waals surface area (Å²) in [5.74, 6) is 0.0170. The molecule has 0 atom stereocenters. The number of ketones is 1. The molecule has 0 amide bonds. The van der Waals surface area contributed by atoms with Crippen LogP contribution in [0.4, 0.5) is 0 Å². The lowest BCUT2D eigenvalue weighted by atomic mass is 9.85. The fraction of sp³-hybridized carbons (Fsp3) is 0.692. The van der Waals surface area contributed by atoms with E-state index in [0.717, 1.165) is 17.8 Å². The maximum Gasteiger partial charge on any atom is 0.158 e. The predicted octanol–water partition coefficient (Wildman–Crippen LogP) is 1.26. The summed E-state index contributed by atoms with van der Waals surface area (Å²) in [4.78, 5) is 12.4. The highest BCUT2D eigenvalue weighted by molar-refractivity contribution is 6.32. The number of nitrogens with zero attached hydrogens (tertiary/aromatic N) is 2. The van der Waals surface area contributed by atoms with Crippen LogP contribution in [-0.2, 0) is 29.4 Å². The van der Waals surface area contributed by atoms with Gasteiger partial charge >= 0.3 is 0 Å². The molecule has 0 bridgehead atoms. The molecule has 19 heavy (non-hydrogen) atoms. The Morgan fingerprint density at radius 2 is 2.16 bits per heavy atom. The van der Waals surface area contributed by atoms with E-state index in [1.807, 2.05) is 6.92 Å². The zero-order valence-electron chi connectivity index (χ0n) is 11.4. The second-order valence-corrected chi connectivity index (χ2v) is 5.43. The van der Waals surface area contributed by atoms with Crippen molar-refractivity contribution >= 4 is 17.4 Å². The van der Waals surface area contributed by atoms with E-state index >= 15 is 0 Å². The predicted molar refractivity (Wildman–Crippen MR) is 73.3 cm³/mol. The summed E-state index contributed by atoms with van der Waals surface area (Å²) < 4.78 is 6.94. The molecular formula is C13H20ClN3O2. The summed E-state index contributed by atoms with van der Waals surface area (Å²) in [6, 6.07) is 0. The fourth-order valence-electron chi connectivity index (χ4n) is 2.35. The molecule has 0 unspecified atom stereocenters. The van der Waals surface area contributed by atoms with Gasteiger partial charge in [0, 0.05) is 20.3 Å². The number of rotatable bonds is 4. The Morgan fingerprint density at radius 3 is 2.68 bits per heavy atom.